The van der Waals surface area contributed by atoms with Gasteiger partial charge in [-0.2, -0.15) is 11.8 Å². The van der Waals surface area contributed by atoms with Crippen LogP contribution in [0.1, 0.15) is 5.56 Å². The van der Waals surface area contributed by atoms with Crippen molar-refractivity contribution in [2.75, 3.05) is 18.1 Å². The van der Waals surface area contributed by atoms with Gasteiger partial charge in [0.15, 0.2) is 0 Å². The standard InChI is InChI=1S/C10H13F2NS/c11-10(12,8-14-7-6-13)9-4-2-1-3-5-9/h1-5H,6-8,13H2. The van der Waals surface area contributed by atoms with E-state index in [2.05, 4.69) is 0 Å². The third-order valence-corrected chi connectivity index (χ3v) is 2.83. The number of nitrogens with two attached hydrogens (primary N) is 1. The van der Waals surface area contributed by atoms with Gasteiger partial charge in [0.05, 0.1) is 5.75 Å². The zero-order chi connectivity index (χ0) is 10.4. The molecule has 0 saturated heterocycles. The van der Waals surface area contributed by atoms with Crippen LogP contribution in [-0.2, 0) is 5.92 Å². The molecule has 14 heavy (non-hydrogen) atoms. The number of thioether (sulfide) groups is 1. The first kappa shape index (κ1) is 11.5. The molecule has 4 heteroatoms. The van der Waals surface area contributed by atoms with E-state index in [1.54, 1.807) is 18.2 Å². The summed E-state index contributed by atoms with van der Waals surface area (Å²) >= 11 is 1.18. The number of alkyl halides is 2. The van der Waals surface area contributed by atoms with Crippen molar-refractivity contribution < 1.29 is 8.78 Å². The van der Waals surface area contributed by atoms with Crippen molar-refractivity contribution in [3.63, 3.8) is 0 Å². The number of halogens is 2. The fraction of sp³-hybridized carbons (Fsp3) is 0.400. The van der Waals surface area contributed by atoms with E-state index >= 15 is 0 Å². The van der Waals surface area contributed by atoms with E-state index in [-0.39, 0.29) is 11.3 Å². The minimum Gasteiger partial charge on any atom is -0.330 e. The summed E-state index contributed by atoms with van der Waals surface area (Å²) in [6, 6.07) is 7.87. The summed E-state index contributed by atoms with van der Waals surface area (Å²) < 4.78 is 26.8. The minimum atomic E-state index is -2.75. The van der Waals surface area contributed by atoms with Gasteiger partial charge in [-0.1, -0.05) is 30.3 Å². The van der Waals surface area contributed by atoms with Crippen LogP contribution in [0.2, 0.25) is 0 Å². The summed E-state index contributed by atoms with van der Waals surface area (Å²) in [6.07, 6.45) is 0. The first-order valence-corrected chi connectivity index (χ1v) is 5.53. The zero-order valence-corrected chi connectivity index (χ0v) is 8.57. The number of rotatable bonds is 5. The largest absolute Gasteiger partial charge is 0.330 e. The van der Waals surface area contributed by atoms with Crippen LogP contribution in [0.3, 0.4) is 0 Å². The van der Waals surface area contributed by atoms with E-state index < -0.39 is 5.92 Å². The smallest absolute Gasteiger partial charge is 0.282 e. The van der Waals surface area contributed by atoms with Crippen LogP contribution in [0.25, 0.3) is 0 Å². The average Bonchev–Trinajstić information content (AvgIpc) is 2.19. The molecule has 0 amide bonds. The van der Waals surface area contributed by atoms with Crippen molar-refractivity contribution in [1.29, 1.82) is 0 Å². The normalized spacial score (nSPS) is 11.6. The molecule has 0 aliphatic carbocycles. The van der Waals surface area contributed by atoms with Gasteiger partial charge < -0.3 is 5.73 Å². The maximum atomic E-state index is 13.4. The molecule has 1 aromatic carbocycles. The van der Waals surface area contributed by atoms with E-state index in [1.165, 1.54) is 23.9 Å². The highest BCUT2D eigenvalue weighted by Crippen LogP contribution is 2.31. The fourth-order valence-corrected chi connectivity index (χ4v) is 1.78. The van der Waals surface area contributed by atoms with Gasteiger partial charge in [-0.3, -0.25) is 0 Å². The Labute approximate surface area is 86.7 Å². The van der Waals surface area contributed by atoms with Gasteiger partial charge in [0.25, 0.3) is 5.92 Å². The second-order valence-corrected chi connectivity index (χ2v) is 4.02. The quantitative estimate of drug-likeness (QED) is 0.767. The molecule has 0 spiro atoms. The molecule has 1 aromatic rings. The van der Waals surface area contributed by atoms with E-state index in [9.17, 15) is 8.78 Å². The SMILES string of the molecule is NCCSCC(F)(F)c1ccccc1. The van der Waals surface area contributed by atoms with Crippen molar-refractivity contribution in [2.45, 2.75) is 5.92 Å². The monoisotopic (exact) mass is 217 g/mol. The van der Waals surface area contributed by atoms with Crippen molar-refractivity contribution >= 4 is 11.8 Å². The summed E-state index contributed by atoms with van der Waals surface area (Å²) in [5.74, 6) is -2.38. The number of hydrogen-bond acceptors (Lipinski definition) is 2. The molecule has 1 nitrogen and oxygen atoms in total. The van der Waals surface area contributed by atoms with Crippen LogP contribution in [0.5, 0.6) is 0 Å². The molecule has 0 atom stereocenters. The molecule has 2 N–H and O–H groups in total. The first-order chi connectivity index (χ1) is 6.67. The predicted octanol–water partition coefficient (Wildman–Crippen LogP) is 2.47. The van der Waals surface area contributed by atoms with Gasteiger partial charge in [0.2, 0.25) is 0 Å². The zero-order valence-electron chi connectivity index (χ0n) is 7.75. The van der Waals surface area contributed by atoms with Crippen LogP contribution in [0.4, 0.5) is 8.78 Å². The first-order valence-electron chi connectivity index (χ1n) is 4.38. The number of hydrogen-bond donors (Lipinski definition) is 1. The van der Waals surface area contributed by atoms with Gasteiger partial charge in [-0.15, -0.1) is 0 Å². The lowest BCUT2D eigenvalue weighted by atomic mass is 10.1. The molecule has 0 aliphatic rings. The maximum Gasteiger partial charge on any atom is 0.282 e. The summed E-state index contributed by atoms with van der Waals surface area (Å²) in [7, 11) is 0. The lowest BCUT2D eigenvalue weighted by molar-refractivity contribution is 0.0232. The maximum absolute atomic E-state index is 13.4. The van der Waals surface area contributed by atoms with E-state index in [0.29, 0.717) is 12.3 Å². The molecule has 1 rings (SSSR count). The predicted molar refractivity (Wildman–Crippen MR) is 56.7 cm³/mol. The lowest BCUT2D eigenvalue weighted by Gasteiger charge is -2.15. The molecule has 0 bridgehead atoms. The van der Waals surface area contributed by atoms with Crippen molar-refractivity contribution in [3.8, 4) is 0 Å². The van der Waals surface area contributed by atoms with Gasteiger partial charge in [-0.25, -0.2) is 8.78 Å². The molecule has 0 radical (unpaired) electrons. The fourth-order valence-electron chi connectivity index (χ4n) is 1.05. The summed E-state index contributed by atoms with van der Waals surface area (Å²) in [6.45, 7) is 0.440. The van der Waals surface area contributed by atoms with Crippen molar-refractivity contribution in [3.05, 3.63) is 35.9 Å². The van der Waals surface area contributed by atoms with Crippen molar-refractivity contribution in [2.24, 2.45) is 5.73 Å². The molecule has 78 valence electrons. The average molecular weight is 217 g/mol. The van der Waals surface area contributed by atoms with Crippen LogP contribution >= 0.6 is 11.8 Å². The third kappa shape index (κ3) is 3.27. The Kier molecular flexibility index (Phi) is 4.35. The lowest BCUT2D eigenvalue weighted by Crippen LogP contribution is -2.17. The van der Waals surface area contributed by atoms with E-state index in [0.717, 1.165) is 0 Å². The minimum absolute atomic E-state index is 0.0736. The third-order valence-electron chi connectivity index (χ3n) is 1.74. The molecule has 0 saturated carbocycles. The van der Waals surface area contributed by atoms with Crippen LogP contribution in [0, 0.1) is 0 Å². The van der Waals surface area contributed by atoms with Crippen molar-refractivity contribution in [1.82, 2.24) is 0 Å². The number of benzene rings is 1. The van der Waals surface area contributed by atoms with E-state index in [1.807, 2.05) is 0 Å². The Morgan fingerprint density at radius 2 is 1.86 bits per heavy atom. The summed E-state index contributed by atoms with van der Waals surface area (Å²) in [4.78, 5) is 0. The second-order valence-electron chi connectivity index (χ2n) is 2.91. The molecular formula is C10H13F2NS. The molecule has 0 heterocycles. The summed E-state index contributed by atoms with van der Waals surface area (Å²) in [5.41, 5.74) is 5.30. The Morgan fingerprint density at radius 3 is 2.43 bits per heavy atom. The molecule has 0 aromatic heterocycles. The molecular weight excluding hydrogens is 204 g/mol. The highest BCUT2D eigenvalue weighted by atomic mass is 32.2. The Hall–Kier alpha value is -0.610. The molecule has 0 fully saturated rings. The van der Waals surface area contributed by atoms with Gasteiger partial charge in [-0.05, 0) is 0 Å². The van der Waals surface area contributed by atoms with Gasteiger partial charge in [0.1, 0.15) is 0 Å². The van der Waals surface area contributed by atoms with Gasteiger partial charge >= 0.3 is 0 Å². The Morgan fingerprint density at radius 1 is 1.21 bits per heavy atom. The summed E-state index contributed by atoms with van der Waals surface area (Å²) in [5, 5.41) is 0. The Balaban J connectivity index is 2.56. The highest BCUT2D eigenvalue weighted by molar-refractivity contribution is 7.99. The van der Waals surface area contributed by atoms with Crippen LogP contribution in [0.15, 0.2) is 30.3 Å². The Bertz CT molecular complexity index is 264. The molecule has 0 aliphatic heterocycles. The van der Waals surface area contributed by atoms with Gasteiger partial charge in [0, 0.05) is 17.9 Å². The highest BCUT2D eigenvalue weighted by Gasteiger charge is 2.30. The van der Waals surface area contributed by atoms with Crippen LogP contribution < -0.4 is 5.73 Å². The van der Waals surface area contributed by atoms with E-state index in [4.69, 9.17) is 5.73 Å². The topological polar surface area (TPSA) is 26.0 Å². The van der Waals surface area contributed by atoms with Crippen LogP contribution in [-0.4, -0.2) is 18.1 Å². The second kappa shape index (κ2) is 5.32. The molecule has 0 unspecified atom stereocenters.